The molecular formula is C22H16ClN3O3. The average Bonchev–Trinajstić information content (AvgIpc) is 3.27. The molecule has 0 bridgehead atoms. The minimum Gasteiger partial charge on any atom is -0.273 e. The molecule has 6 nitrogen and oxygen atoms in total. The van der Waals surface area contributed by atoms with Gasteiger partial charge in [-0.15, -0.1) is 0 Å². The Labute approximate surface area is 172 Å². The summed E-state index contributed by atoms with van der Waals surface area (Å²) >= 11 is 5.95. The maximum Gasteiger partial charge on any atom is 0.266 e. The molecule has 0 saturated carbocycles. The molecule has 2 aromatic carbocycles. The summed E-state index contributed by atoms with van der Waals surface area (Å²) in [5.74, 6) is -1.35. The minimum atomic E-state index is -0.899. The number of hydroxylamine groups is 1. The molecule has 144 valence electrons. The Balaban J connectivity index is 1.58. The van der Waals surface area contributed by atoms with E-state index >= 15 is 0 Å². The van der Waals surface area contributed by atoms with Gasteiger partial charge in [0.2, 0.25) is 5.91 Å². The number of fused-ring (bicyclic) bond motifs is 1. The van der Waals surface area contributed by atoms with E-state index in [1.54, 1.807) is 41.7 Å². The Morgan fingerprint density at radius 2 is 1.62 bits per heavy atom. The Morgan fingerprint density at radius 1 is 0.862 bits per heavy atom. The molecule has 0 N–H and O–H groups in total. The number of anilines is 2. The number of imide groups is 1. The Hall–Kier alpha value is -3.22. The topological polar surface area (TPSA) is 62.7 Å². The van der Waals surface area contributed by atoms with Crippen molar-refractivity contribution < 1.29 is 14.4 Å². The van der Waals surface area contributed by atoms with Crippen LogP contribution in [-0.4, -0.2) is 22.9 Å². The van der Waals surface area contributed by atoms with Gasteiger partial charge in [0.25, 0.3) is 5.91 Å². The highest BCUT2D eigenvalue weighted by molar-refractivity contribution is 6.31. The van der Waals surface area contributed by atoms with E-state index in [4.69, 9.17) is 16.4 Å². The van der Waals surface area contributed by atoms with Gasteiger partial charge in [0.15, 0.2) is 6.10 Å². The maximum atomic E-state index is 13.4. The van der Waals surface area contributed by atoms with Gasteiger partial charge in [-0.25, -0.2) is 9.96 Å². The SMILES string of the molecule is O=C1C2ON(c3ccccc3)C(c3cccnc3)C2C(=O)N1c1ccc(Cl)cc1. The van der Waals surface area contributed by atoms with E-state index in [0.717, 1.165) is 11.3 Å². The predicted octanol–water partition coefficient (Wildman–Crippen LogP) is 3.79. The van der Waals surface area contributed by atoms with E-state index in [1.807, 2.05) is 42.5 Å². The molecule has 2 saturated heterocycles. The summed E-state index contributed by atoms with van der Waals surface area (Å²) in [4.78, 5) is 38.0. The van der Waals surface area contributed by atoms with Crippen LogP contribution >= 0.6 is 11.6 Å². The third kappa shape index (κ3) is 2.88. The van der Waals surface area contributed by atoms with Crippen LogP contribution in [0.25, 0.3) is 0 Å². The second kappa shape index (κ2) is 6.99. The van der Waals surface area contributed by atoms with Crippen LogP contribution in [0, 0.1) is 5.92 Å². The normalized spacial score (nSPS) is 23.6. The zero-order valence-corrected chi connectivity index (χ0v) is 15.9. The van der Waals surface area contributed by atoms with Crippen LogP contribution in [0.3, 0.4) is 0 Å². The fourth-order valence-electron chi connectivity index (χ4n) is 3.95. The van der Waals surface area contributed by atoms with Gasteiger partial charge in [0.1, 0.15) is 5.92 Å². The zero-order chi connectivity index (χ0) is 20.0. The number of carbonyl (C=O) groups is 2. The van der Waals surface area contributed by atoms with Gasteiger partial charge in [-0.2, -0.15) is 0 Å². The van der Waals surface area contributed by atoms with Gasteiger partial charge in [-0.3, -0.25) is 19.4 Å². The van der Waals surface area contributed by atoms with Gasteiger partial charge in [0.05, 0.1) is 17.4 Å². The van der Waals surface area contributed by atoms with Crippen LogP contribution in [0.1, 0.15) is 11.6 Å². The smallest absolute Gasteiger partial charge is 0.266 e. The lowest BCUT2D eigenvalue weighted by Gasteiger charge is -2.28. The number of nitrogens with zero attached hydrogens (tertiary/aromatic N) is 3. The fourth-order valence-corrected chi connectivity index (χ4v) is 4.07. The van der Waals surface area contributed by atoms with Gasteiger partial charge < -0.3 is 0 Å². The molecule has 5 rings (SSSR count). The number of hydrogen-bond donors (Lipinski definition) is 0. The van der Waals surface area contributed by atoms with E-state index in [2.05, 4.69) is 4.98 Å². The summed E-state index contributed by atoms with van der Waals surface area (Å²) in [6.45, 7) is 0. The summed E-state index contributed by atoms with van der Waals surface area (Å²) in [5.41, 5.74) is 2.07. The van der Waals surface area contributed by atoms with Crippen LogP contribution < -0.4 is 9.96 Å². The number of hydrogen-bond acceptors (Lipinski definition) is 5. The Morgan fingerprint density at radius 3 is 2.31 bits per heavy atom. The molecule has 0 spiro atoms. The quantitative estimate of drug-likeness (QED) is 0.620. The first-order chi connectivity index (χ1) is 14.1. The summed E-state index contributed by atoms with van der Waals surface area (Å²) in [6, 6.07) is 19.3. The van der Waals surface area contributed by atoms with Gasteiger partial charge >= 0.3 is 0 Å². The van der Waals surface area contributed by atoms with Crippen molar-refractivity contribution in [1.82, 2.24) is 4.98 Å². The number of para-hydroxylation sites is 1. The van der Waals surface area contributed by atoms with E-state index in [-0.39, 0.29) is 11.8 Å². The lowest BCUT2D eigenvalue weighted by atomic mass is 9.91. The van der Waals surface area contributed by atoms with Gasteiger partial charge in [-0.1, -0.05) is 35.9 Å². The predicted molar refractivity (Wildman–Crippen MR) is 108 cm³/mol. The number of benzene rings is 2. The highest BCUT2D eigenvalue weighted by atomic mass is 35.5. The van der Waals surface area contributed by atoms with Crippen molar-refractivity contribution in [3.8, 4) is 0 Å². The number of carbonyl (C=O) groups excluding carboxylic acids is 2. The molecule has 3 heterocycles. The molecule has 29 heavy (non-hydrogen) atoms. The molecule has 1 aromatic heterocycles. The zero-order valence-electron chi connectivity index (χ0n) is 15.2. The fraction of sp³-hybridized carbons (Fsp3) is 0.136. The highest BCUT2D eigenvalue weighted by Crippen LogP contribution is 2.47. The first-order valence-electron chi connectivity index (χ1n) is 9.19. The Bertz CT molecular complexity index is 1060. The van der Waals surface area contributed by atoms with Crippen LogP contribution in [0.4, 0.5) is 11.4 Å². The van der Waals surface area contributed by atoms with E-state index in [1.165, 1.54) is 4.90 Å². The summed E-state index contributed by atoms with van der Waals surface area (Å²) < 4.78 is 0. The molecule has 0 aliphatic carbocycles. The van der Waals surface area contributed by atoms with Crippen molar-refractivity contribution in [2.24, 2.45) is 5.92 Å². The molecule has 2 aliphatic heterocycles. The molecule has 7 heteroatoms. The number of rotatable bonds is 3. The van der Waals surface area contributed by atoms with Crippen molar-refractivity contribution in [3.05, 3.63) is 89.7 Å². The number of pyridine rings is 1. The second-order valence-electron chi connectivity index (χ2n) is 6.93. The molecule has 2 fully saturated rings. The lowest BCUT2D eigenvalue weighted by molar-refractivity contribution is -0.126. The monoisotopic (exact) mass is 405 g/mol. The first-order valence-corrected chi connectivity index (χ1v) is 9.57. The third-order valence-corrected chi connectivity index (χ3v) is 5.49. The van der Waals surface area contributed by atoms with Crippen LogP contribution in [0.5, 0.6) is 0 Å². The van der Waals surface area contributed by atoms with Crippen molar-refractivity contribution >= 4 is 34.8 Å². The lowest BCUT2D eigenvalue weighted by Crippen LogP contribution is -2.37. The molecule has 0 radical (unpaired) electrons. The van der Waals surface area contributed by atoms with Crippen LogP contribution in [0.2, 0.25) is 5.02 Å². The van der Waals surface area contributed by atoms with E-state index in [9.17, 15) is 9.59 Å². The van der Waals surface area contributed by atoms with E-state index < -0.39 is 18.1 Å². The summed E-state index contributed by atoms with van der Waals surface area (Å²) in [5, 5.41) is 2.19. The van der Waals surface area contributed by atoms with Crippen molar-refractivity contribution in [2.75, 3.05) is 9.96 Å². The maximum absolute atomic E-state index is 13.4. The van der Waals surface area contributed by atoms with Gasteiger partial charge in [-0.05, 0) is 48.0 Å². The molecule has 2 amide bonds. The number of amides is 2. The highest BCUT2D eigenvalue weighted by Gasteiger charge is 2.60. The second-order valence-corrected chi connectivity index (χ2v) is 7.37. The van der Waals surface area contributed by atoms with Crippen molar-refractivity contribution in [2.45, 2.75) is 12.1 Å². The molecule has 3 atom stereocenters. The largest absolute Gasteiger partial charge is 0.273 e. The standard InChI is InChI=1S/C22H16ClN3O3/c23-15-8-10-16(11-9-15)25-21(27)18-19(14-5-4-12-24-13-14)26(29-20(18)22(25)28)17-6-2-1-3-7-17/h1-13,18-20H. The van der Waals surface area contributed by atoms with Gasteiger partial charge in [0, 0.05) is 17.4 Å². The number of halogens is 1. The third-order valence-electron chi connectivity index (χ3n) is 5.24. The summed E-state index contributed by atoms with van der Waals surface area (Å²) in [7, 11) is 0. The average molecular weight is 406 g/mol. The molecule has 2 aliphatic rings. The molecular weight excluding hydrogens is 390 g/mol. The molecule has 3 unspecified atom stereocenters. The van der Waals surface area contributed by atoms with Crippen LogP contribution in [-0.2, 0) is 14.4 Å². The molecule has 3 aromatic rings. The van der Waals surface area contributed by atoms with Crippen molar-refractivity contribution in [1.29, 1.82) is 0 Å². The van der Waals surface area contributed by atoms with E-state index in [0.29, 0.717) is 10.7 Å². The van der Waals surface area contributed by atoms with Crippen LogP contribution in [0.15, 0.2) is 79.1 Å². The summed E-state index contributed by atoms with van der Waals surface area (Å²) in [6.07, 6.45) is 2.48. The first kappa shape index (κ1) is 17.8. The Kier molecular flexibility index (Phi) is 4.30. The minimum absolute atomic E-state index is 0.297. The number of aromatic nitrogens is 1. The van der Waals surface area contributed by atoms with Crippen molar-refractivity contribution in [3.63, 3.8) is 0 Å².